The molecule has 2 aromatic carbocycles. The van der Waals surface area contributed by atoms with E-state index in [9.17, 15) is 23.3 Å². The van der Waals surface area contributed by atoms with Gasteiger partial charge in [-0.25, -0.2) is 27.8 Å². The molecule has 4 fully saturated rings. The van der Waals surface area contributed by atoms with E-state index < -0.39 is 31.4 Å². The van der Waals surface area contributed by atoms with Crippen molar-refractivity contribution in [3.8, 4) is 5.69 Å². The molecule has 4 aromatic heterocycles. The van der Waals surface area contributed by atoms with E-state index in [1.54, 1.807) is 23.1 Å². The number of nitrogens with zero attached hydrogens (tertiary/aromatic N) is 7. The minimum atomic E-state index is -4.60. The van der Waals surface area contributed by atoms with Gasteiger partial charge < -0.3 is 15.2 Å². The maximum atomic E-state index is 14.2. The number of likely N-dealkylation sites (tertiary alicyclic amines) is 1. The van der Waals surface area contributed by atoms with Crippen LogP contribution in [0.5, 0.6) is 0 Å². The smallest absolute Gasteiger partial charge is 0.312 e. The molecule has 1 atom stereocenters. The van der Waals surface area contributed by atoms with E-state index in [1.165, 1.54) is 43.2 Å². The minimum Gasteiger partial charge on any atom is -0.371 e. The fourth-order valence-electron chi connectivity index (χ4n) is 11.1. The molecule has 16 heteroatoms. The number of benzene rings is 2. The maximum absolute atomic E-state index is 14.2. The molecule has 334 valence electrons. The molecule has 2 saturated carbocycles. The van der Waals surface area contributed by atoms with Gasteiger partial charge in [0.2, 0.25) is 5.82 Å². The van der Waals surface area contributed by atoms with Crippen LogP contribution >= 0.6 is 0 Å². The Bertz CT molecular complexity index is 2830. The molecule has 0 unspecified atom stereocenters. The van der Waals surface area contributed by atoms with Gasteiger partial charge in [0.1, 0.15) is 16.1 Å². The molecule has 3 N–H and O–H groups in total. The summed E-state index contributed by atoms with van der Waals surface area (Å²) in [5.74, 6) is -0.0448. The van der Waals surface area contributed by atoms with Gasteiger partial charge in [0.25, 0.3) is 15.9 Å². The Morgan fingerprint density at radius 1 is 0.969 bits per heavy atom. The highest BCUT2D eigenvalue weighted by atomic mass is 32.2. The molecular weight excluding hydrogens is 829 g/mol. The quantitative estimate of drug-likeness (QED) is 0.0787. The van der Waals surface area contributed by atoms with Crippen LogP contribution in [0.1, 0.15) is 118 Å². The lowest BCUT2D eigenvalue weighted by molar-refractivity contribution is -0.384. The van der Waals surface area contributed by atoms with E-state index in [0.29, 0.717) is 58.2 Å². The number of pyridine rings is 2. The summed E-state index contributed by atoms with van der Waals surface area (Å²) in [7, 11) is -4.60. The number of amides is 1. The first-order valence-corrected chi connectivity index (χ1v) is 24.4. The van der Waals surface area contributed by atoms with Crippen LogP contribution < -0.4 is 14.9 Å². The van der Waals surface area contributed by atoms with Crippen molar-refractivity contribution in [2.75, 3.05) is 36.4 Å². The number of rotatable bonds is 12. The maximum Gasteiger partial charge on any atom is 0.312 e. The number of nitrogens with one attached hydrogen (secondary N) is 3. The molecule has 2 aliphatic carbocycles. The Labute approximate surface area is 373 Å². The number of anilines is 2. The average Bonchev–Trinajstić information content (AvgIpc) is 4.07. The Morgan fingerprint density at radius 3 is 2.55 bits per heavy atom. The highest BCUT2D eigenvalue weighted by molar-refractivity contribution is 7.90. The average molecular weight is 885 g/mol. The van der Waals surface area contributed by atoms with Gasteiger partial charge in [-0.1, -0.05) is 57.4 Å². The van der Waals surface area contributed by atoms with Crippen LogP contribution in [0, 0.1) is 21.4 Å². The number of fused-ring (bicyclic) bond motifs is 2. The van der Waals surface area contributed by atoms with E-state index >= 15 is 0 Å². The number of hydrogen-bond donors (Lipinski definition) is 3. The van der Waals surface area contributed by atoms with Crippen molar-refractivity contribution in [2.24, 2.45) is 11.3 Å². The van der Waals surface area contributed by atoms with Crippen LogP contribution in [-0.4, -0.2) is 81.1 Å². The number of piperidine rings is 1. The van der Waals surface area contributed by atoms with Crippen LogP contribution in [0.2, 0.25) is 0 Å². The Hall–Kier alpha value is -5.87. The summed E-state index contributed by atoms with van der Waals surface area (Å²) in [5.41, 5.74) is 6.09. The van der Waals surface area contributed by atoms with Crippen LogP contribution in [-0.2, 0) is 10.0 Å². The van der Waals surface area contributed by atoms with E-state index in [-0.39, 0.29) is 11.4 Å². The van der Waals surface area contributed by atoms with Gasteiger partial charge in [0.05, 0.1) is 34.1 Å². The van der Waals surface area contributed by atoms with Gasteiger partial charge in [-0.05, 0) is 117 Å². The van der Waals surface area contributed by atoms with Gasteiger partial charge in [-0.3, -0.25) is 19.8 Å². The van der Waals surface area contributed by atoms with Gasteiger partial charge >= 0.3 is 5.69 Å². The molecule has 15 nitrogen and oxygen atoms in total. The van der Waals surface area contributed by atoms with Crippen LogP contribution in [0.15, 0.2) is 84.1 Å². The normalized spacial score (nSPS) is 19.7. The Morgan fingerprint density at radius 2 is 1.77 bits per heavy atom. The third kappa shape index (κ3) is 7.99. The van der Waals surface area contributed by atoms with Crippen molar-refractivity contribution in [1.29, 1.82) is 0 Å². The van der Waals surface area contributed by atoms with Gasteiger partial charge in [0, 0.05) is 55.1 Å². The van der Waals surface area contributed by atoms with E-state index in [1.807, 2.05) is 24.3 Å². The molecule has 1 amide bonds. The number of carbonyl (C=O) groups excluding carboxylic acids is 1. The summed E-state index contributed by atoms with van der Waals surface area (Å²) in [6, 6.07) is 20.3. The fraction of sp³-hybridized carbons (Fsp3) is 0.458. The zero-order valence-electron chi connectivity index (χ0n) is 36.5. The first-order valence-electron chi connectivity index (χ1n) is 23.0. The number of carbonyl (C=O) groups is 1. The molecule has 0 radical (unpaired) electrons. The molecular formula is C48H56N10O5S. The van der Waals surface area contributed by atoms with Crippen molar-refractivity contribution >= 4 is 55.2 Å². The number of aromatic nitrogens is 5. The third-order valence-electron chi connectivity index (χ3n) is 14.6. The van der Waals surface area contributed by atoms with Crippen molar-refractivity contribution in [1.82, 2.24) is 34.4 Å². The SMILES string of the molecule is CC(C)c1ccccc1[C@H]1CCCN1C1CC2(CCN(c3ccc(C(=O)NS(=O)(=O)c4cnc(NCC5CCCCC5)c([N+](=O)[O-])c4)c(-n4ncc5nc6[nH]ccc6cc54)c3)CC2)C1. The summed E-state index contributed by atoms with van der Waals surface area (Å²) >= 11 is 0. The molecule has 2 aliphatic heterocycles. The molecule has 6 aromatic rings. The van der Waals surface area contributed by atoms with E-state index in [0.717, 1.165) is 81.5 Å². The largest absolute Gasteiger partial charge is 0.371 e. The molecule has 10 rings (SSSR count). The number of aromatic amines is 1. The number of sulfonamides is 1. The van der Waals surface area contributed by atoms with Crippen LogP contribution in [0.3, 0.4) is 0 Å². The fourth-order valence-corrected chi connectivity index (χ4v) is 12.1. The standard InChI is InChI=1S/C48H56N10O5S/c1-31(2)37-11-6-7-12-38(37)41-13-8-20-56(41)35-26-48(27-35)17-21-55(22-18-48)34-14-15-39(42(24-34)57-43-23-33-16-19-49-45(33)53-40(43)30-52-57)47(59)54-64(62,63)36-25-44(58(60)61)46(51-29-36)50-28-32-9-4-3-5-10-32/h6-7,11-12,14-16,19,23-25,29-32,35,41H,3-5,8-10,13,17-18,20-22,26-28H2,1-2H3,(H,49,53)(H,50,51)(H,54,59)/t41-/m1/s1. The zero-order chi connectivity index (χ0) is 44.2. The van der Waals surface area contributed by atoms with Crippen LogP contribution in [0.4, 0.5) is 17.2 Å². The Balaban J connectivity index is 0.886. The van der Waals surface area contributed by atoms with Gasteiger partial charge in [-0.15, -0.1) is 0 Å². The van der Waals surface area contributed by atoms with Gasteiger partial charge in [0.15, 0.2) is 0 Å². The van der Waals surface area contributed by atoms with Crippen molar-refractivity contribution in [3.63, 3.8) is 0 Å². The number of hydrogen-bond acceptors (Lipinski definition) is 11. The first kappa shape index (κ1) is 42.1. The summed E-state index contributed by atoms with van der Waals surface area (Å²) in [6.07, 6.45) is 16.9. The molecule has 6 heterocycles. The molecule has 1 spiro atoms. The van der Waals surface area contributed by atoms with Crippen molar-refractivity contribution in [2.45, 2.75) is 107 Å². The third-order valence-corrected chi connectivity index (χ3v) is 15.9. The van der Waals surface area contributed by atoms with E-state index in [4.69, 9.17) is 4.98 Å². The van der Waals surface area contributed by atoms with Crippen molar-refractivity contribution in [3.05, 3.63) is 106 Å². The summed E-state index contributed by atoms with van der Waals surface area (Å²) in [5, 5.41) is 20.7. The molecule has 4 aliphatic rings. The highest BCUT2D eigenvalue weighted by Gasteiger charge is 2.50. The molecule has 2 saturated heterocycles. The summed E-state index contributed by atoms with van der Waals surface area (Å²) < 4.78 is 31.4. The predicted molar refractivity (Wildman–Crippen MR) is 247 cm³/mol. The second-order valence-electron chi connectivity index (χ2n) is 18.9. The second kappa shape index (κ2) is 16.9. The lowest BCUT2D eigenvalue weighted by Gasteiger charge is -2.56. The first-order chi connectivity index (χ1) is 30.9. The highest BCUT2D eigenvalue weighted by Crippen LogP contribution is 2.54. The molecule has 0 bridgehead atoms. The lowest BCUT2D eigenvalue weighted by atomic mass is 9.59. The number of nitro groups is 1. The monoisotopic (exact) mass is 884 g/mol. The zero-order valence-corrected chi connectivity index (χ0v) is 37.3. The minimum absolute atomic E-state index is 0.00123. The van der Waals surface area contributed by atoms with Crippen molar-refractivity contribution < 1.29 is 18.1 Å². The topological polar surface area (TPSA) is 184 Å². The summed E-state index contributed by atoms with van der Waals surface area (Å²) in [4.78, 5) is 42.4. The van der Waals surface area contributed by atoms with Crippen LogP contribution in [0.25, 0.3) is 27.8 Å². The summed E-state index contributed by atoms with van der Waals surface area (Å²) in [6.45, 7) is 7.96. The number of H-pyrrole nitrogens is 1. The second-order valence-corrected chi connectivity index (χ2v) is 20.6. The van der Waals surface area contributed by atoms with E-state index in [2.05, 4.69) is 73.0 Å². The molecule has 64 heavy (non-hydrogen) atoms. The van der Waals surface area contributed by atoms with Gasteiger partial charge in [-0.2, -0.15) is 5.10 Å². The predicted octanol–water partition coefficient (Wildman–Crippen LogP) is 9.03. The Kier molecular flexibility index (Phi) is 11.1. The lowest BCUT2D eigenvalue weighted by Crippen LogP contribution is -2.55.